The van der Waals surface area contributed by atoms with Crippen LogP contribution >= 0.6 is 22.6 Å². The molecule has 2 aromatic carbocycles. The monoisotopic (exact) mass is 427 g/mol. The van der Waals surface area contributed by atoms with Crippen molar-refractivity contribution < 1.29 is 19.7 Å². The maximum atomic E-state index is 12.1. The molecular weight excluding hydrogens is 409 g/mol. The number of anilines is 1. The Balaban J connectivity index is 2.12. The molecule has 0 aliphatic carbocycles. The van der Waals surface area contributed by atoms with Crippen molar-refractivity contribution in [1.82, 2.24) is 0 Å². The minimum atomic E-state index is -0.624. The van der Waals surface area contributed by atoms with E-state index in [2.05, 4.69) is 27.9 Å². The number of para-hydroxylation sites is 1. The van der Waals surface area contributed by atoms with Gasteiger partial charge in [0, 0.05) is 21.4 Å². The molecule has 0 bridgehead atoms. The zero-order chi connectivity index (χ0) is 16.7. The number of nitrogens with one attached hydrogen (secondary N) is 1. The Morgan fingerprint density at radius 3 is 2.65 bits per heavy atom. The van der Waals surface area contributed by atoms with Gasteiger partial charge in [0.1, 0.15) is 11.9 Å². The number of ether oxygens (including phenoxy) is 1. The van der Waals surface area contributed by atoms with Crippen LogP contribution in [0.2, 0.25) is 0 Å². The Hall–Kier alpha value is -1.80. The summed E-state index contributed by atoms with van der Waals surface area (Å²) in [6.45, 7) is -0.00908. The van der Waals surface area contributed by atoms with Crippen LogP contribution in [-0.2, 0) is 4.74 Å². The molecule has 2 aromatic rings. The van der Waals surface area contributed by atoms with E-state index in [0.717, 1.165) is 3.57 Å². The normalized spacial score (nSPS) is 11.7. The van der Waals surface area contributed by atoms with Crippen LogP contribution in [0.15, 0.2) is 48.5 Å². The van der Waals surface area contributed by atoms with Crippen molar-refractivity contribution in [2.45, 2.75) is 18.9 Å². The number of carbonyl (C=O) groups is 1. The van der Waals surface area contributed by atoms with Gasteiger partial charge in [0.05, 0.1) is 0 Å². The molecule has 0 aliphatic heterocycles. The first kappa shape index (κ1) is 17.6. The van der Waals surface area contributed by atoms with Crippen LogP contribution in [0.3, 0.4) is 0 Å². The quantitative estimate of drug-likeness (QED) is 0.608. The second-order valence-electron chi connectivity index (χ2n) is 4.95. The molecule has 0 spiro atoms. The zero-order valence-electron chi connectivity index (χ0n) is 12.4. The third-order valence-corrected chi connectivity index (χ3v) is 3.90. The first-order valence-corrected chi connectivity index (χ1v) is 8.30. The zero-order valence-corrected chi connectivity index (χ0v) is 14.6. The SMILES string of the molecule is O=C(Nc1ccccc1)O[C@H](CCCO)c1cc(I)ccc1O. The summed E-state index contributed by atoms with van der Waals surface area (Å²) in [7, 11) is 0. The van der Waals surface area contributed by atoms with Gasteiger partial charge in [-0.2, -0.15) is 0 Å². The first-order chi connectivity index (χ1) is 11.1. The molecule has 0 unspecified atom stereocenters. The van der Waals surface area contributed by atoms with Crippen molar-refractivity contribution in [2.24, 2.45) is 0 Å². The van der Waals surface area contributed by atoms with E-state index in [9.17, 15) is 9.90 Å². The third-order valence-electron chi connectivity index (χ3n) is 3.23. The van der Waals surface area contributed by atoms with Gasteiger partial charge in [-0.05, 0) is 65.8 Å². The predicted molar refractivity (Wildman–Crippen MR) is 96.4 cm³/mol. The smallest absolute Gasteiger partial charge is 0.412 e. The van der Waals surface area contributed by atoms with Crippen molar-refractivity contribution in [3.8, 4) is 5.75 Å². The largest absolute Gasteiger partial charge is 0.508 e. The summed E-state index contributed by atoms with van der Waals surface area (Å²) >= 11 is 2.13. The molecule has 0 saturated heterocycles. The van der Waals surface area contributed by atoms with E-state index >= 15 is 0 Å². The molecule has 0 saturated carbocycles. The van der Waals surface area contributed by atoms with Gasteiger partial charge in [0.15, 0.2) is 0 Å². The number of phenolic OH excluding ortho intramolecular Hbond substituents is 1. The van der Waals surface area contributed by atoms with Gasteiger partial charge in [0.25, 0.3) is 0 Å². The fourth-order valence-electron chi connectivity index (χ4n) is 2.14. The van der Waals surface area contributed by atoms with Gasteiger partial charge in [-0.3, -0.25) is 5.32 Å². The van der Waals surface area contributed by atoms with E-state index in [-0.39, 0.29) is 12.4 Å². The lowest BCUT2D eigenvalue weighted by atomic mass is 10.0. The summed E-state index contributed by atoms with van der Waals surface area (Å²) in [5.74, 6) is 0.0702. The molecule has 0 heterocycles. The summed E-state index contributed by atoms with van der Waals surface area (Å²) < 4.78 is 6.38. The fourth-order valence-corrected chi connectivity index (χ4v) is 2.65. The Kier molecular flexibility index (Phi) is 6.66. The Morgan fingerprint density at radius 2 is 1.96 bits per heavy atom. The molecule has 3 N–H and O–H groups in total. The highest BCUT2D eigenvalue weighted by molar-refractivity contribution is 14.1. The molecule has 0 aromatic heterocycles. The fraction of sp³-hybridized carbons (Fsp3) is 0.235. The van der Waals surface area contributed by atoms with Crippen LogP contribution in [-0.4, -0.2) is 22.9 Å². The van der Waals surface area contributed by atoms with Gasteiger partial charge in [0.2, 0.25) is 0 Å². The van der Waals surface area contributed by atoms with Gasteiger partial charge < -0.3 is 14.9 Å². The number of amides is 1. The molecular formula is C17H18INO4. The number of hydrogen-bond donors (Lipinski definition) is 3. The predicted octanol–water partition coefficient (Wildman–Crippen LogP) is 4.06. The molecule has 2 rings (SSSR count). The van der Waals surface area contributed by atoms with Gasteiger partial charge >= 0.3 is 6.09 Å². The van der Waals surface area contributed by atoms with Crippen molar-refractivity contribution in [1.29, 1.82) is 0 Å². The van der Waals surface area contributed by atoms with Gasteiger partial charge in [-0.25, -0.2) is 4.79 Å². The van der Waals surface area contributed by atoms with E-state index in [0.29, 0.717) is 24.1 Å². The minimum absolute atomic E-state index is 0.00908. The summed E-state index contributed by atoms with van der Waals surface area (Å²) in [6, 6.07) is 14.1. The molecule has 122 valence electrons. The van der Waals surface area contributed by atoms with Crippen LogP contribution in [0.4, 0.5) is 10.5 Å². The number of phenols is 1. The molecule has 0 aliphatic rings. The topological polar surface area (TPSA) is 78.8 Å². The molecule has 1 amide bonds. The number of aromatic hydroxyl groups is 1. The summed E-state index contributed by atoms with van der Waals surface area (Å²) in [5.41, 5.74) is 1.17. The van der Waals surface area contributed by atoms with E-state index in [1.165, 1.54) is 0 Å². The lowest BCUT2D eigenvalue weighted by molar-refractivity contribution is 0.0979. The number of aliphatic hydroxyl groups is 1. The van der Waals surface area contributed by atoms with Crippen LogP contribution < -0.4 is 5.32 Å². The average Bonchev–Trinajstić information content (AvgIpc) is 2.54. The Labute approximate surface area is 148 Å². The van der Waals surface area contributed by atoms with Crippen molar-refractivity contribution in [3.05, 3.63) is 57.7 Å². The van der Waals surface area contributed by atoms with Gasteiger partial charge in [-0.15, -0.1) is 0 Å². The molecule has 5 nitrogen and oxygen atoms in total. The maximum absolute atomic E-state index is 12.1. The van der Waals surface area contributed by atoms with Crippen LogP contribution in [0, 0.1) is 3.57 Å². The van der Waals surface area contributed by atoms with Crippen LogP contribution in [0.1, 0.15) is 24.5 Å². The van der Waals surface area contributed by atoms with E-state index in [4.69, 9.17) is 9.84 Å². The first-order valence-electron chi connectivity index (χ1n) is 7.22. The maximum Gasteiger partial charge on any atom is 0.412 e. The highest BCUT2D eigenvalue weighted by Gasteiger charge is 2.20. The van der Waals surface area contributed by atoms with Gasteiger partial charge in [-0.1, -0.05) is 18.2 Å². The standard InChI is InChI=1S/C17H18INO4/c18-12-8-9-15(21)14(11-12)16(7-4-10-20)23-17(22)19-13-5-2-1-3-6-13/h1-3,5-6,8-9,11,16,20-21H,4,7,10H2,(H,19,22)/t16-/m1/s1. The number of halogens is 1. The van der Waals surface area contributed by atoms with E-state index in [1.807, 2.05) is 18.2 Å². The highest BCUT2D eigenvalue weighted by atomic mass is 127. The number of hydrogen-bond acceptors (Lipinski definition) is 4. The molecule has 23 heavy (non-hydrogen) atoms. The summed E-state index contributed by atoms with van der Waals surface area (Å²) in [4.78, 5) is 12.1. The van der Waals surface area contributed by atoms with E-state index in [1.54, 1.807) is 30.3 Å². The Bertz CT molecular complexity index is 648. The summed E-state index contributed by atoms with van der Waals surface area (Å²) in [6.07, 6.45) is -0.335. The molecule has 6 heteroatoms. The number of aliphatic hydroxyl groups excluding tert-OH is 1. The molecule has 0 fully saturated rings. The van der Waals surface area contributed by atoms with Crippen molar-refractivity contribution in [2.75, 3.05) is 11.9 Å². The van der Waals surface area contributed by atoms with Crippen LogP contribution in [0.5, 0.6) is 5.75 Å². The lowest BCUT2D eigenvalue weighted by Crippen LogP contribution is -2.18. The second-order valence-corrected chi connectivity index (χ2v) is 6.20. The average molecular weight is 427 g/mol. The van der Waals surface area contributed by atoms with E-state index < -0.39 is 12.2 Å². The third kappa shape index (κ3) is 5.40. The van der Waals surface area contributed by atoms with Crippen molar-refractivity contribution in [3.63, 3.8) is 0 Å². The number of benzene rings is 2. The van der Waals surface area contributed by atoms with Crippen molar-refractivity contribution >= 4 is 34.4 Å². The lowest BCUT2D eigenvalue weighted by Gasteiger charge is -2.19. The number of carbonyl (C=O) groups excluding carboxylic acids is 1. The number of rotatable bonds is 6. The molecule has 1 atom stereocenters. The summed E-state index contributed by atoms with van der Waals surface area (Å²) in [5, 5.41) is 21.7. The highest BCUT2D eigenvalue weighted by Crippen LogP contribution is 2.32. The molecule has 0 radical (unpaired) electrons. The van der Waals surface area contributed by atoms with Crippen LogP contribution in [0.25, 0.3) is 0 Å². The second kappa shape index (κ2) is 8.73. The minimum Gasteiger partial charge on any atom is -0.508 e. The Morgan fingerprint density at radius 1 is 1.22 bits per heavy atom.